The van der Waals surface area contributed by atoms with E-state index in [1.807, 2.05) is 0 Å². The van der Waals surface area contributed by atoms with Crippen molar-refractivity contribution in [2.24, 2.45) is 10.4 Å². The Hall–Kier alpha value is -1.55. The van der Waals surface area contributed by atoms with Crippen LogP contribution in [-0.2, 0) is 11.2 Å². The molecule has 0 spiro atoms. The van der Waals surface area contributed by atoms with E-state index >= 15 is 0 Å². The third-order valence-electron chi connectivity index (χ3n) is 3.89. The summed E-state index contributed by atoms with van der Waals surface area (Å²) < 4.78 is 5.06. The average Bonchev–Trinajstić information content (AvgIpc) is 3.26. The first-order valence-electron chi connectivity index (χ1n) is 7.83. The Bertz CT molecular complexity index is 441. The Kier molecular flexibility index (Phi) is 6.05. The maximum atomic E-state index is 5.06. The topological polar surface area (TPSA) is 45.7 Å². The Morgan fingerprint density at radius 3 is 2.62 bits per heavy atom. The van der Waals surface area contributed by atoms with E-state index in [4.69, 9.17) is 9.73 Å². The second-order valence-electron chi connectivity index (χ2n) is 5.78. The first-order chi connectivity index (χ1) is 10.3. The fourth-order valence-electron chi connectivity index (χ4n) is 2.46. The second kappa shape index (κ2) is 8.03. The van der Waals surface area contributed by atoms with E-state index in [0.29, 0.717) is 12.0 Å². The molecule has 1 aromatic rings. The summed E-state index contributed by atoms with van der Waals surface area (Å²) in [6, 6.07) is 10.7. The molecule has 1 aromatic carbocycles. The molecular weight excluding hydrogens is 262 g/mol. The molecule has 0 atom stereocenters. The fourth-order valence-corrected chi connectivity index (χ4v) is 2.46. The van der Waals surface area contributed by atoms with Crippen LogP contribution in [0, 0.1) is 5.41 Å². The lowest BCUT2D eigenvalue weighted by Crippen LogP contribution is -2.39. The minimum absolute atomic E-state index is 0.380. The predicted octanol–water partition coefficient (Wildman–Crippen LogP) is 2.21. The van der Waals surface area contributed by atoms with Crippen LogP contribution in [0.2, 0.25) is 0 Å². The normalized spacial score (nSPS) is 16.6. The Morgan fingerprint density at radius 1 is 1.24 bits per heavy atom. The molecule has 116 valence electrons. The lowest BCUT2D eigenvalue weighted by Gasteiger charge is -2.15. The first kappa shape index (κ1) is 15.8. The number of methoxy groups -OCH3 is 1. The van der Waals surface area contributed by atoms with Crippen molar-refractivity contribution in [2.75, 3.05) is 33.4 Å². The summed E-state index contributed by atoms with van der Waals surface area (Å²) in [5, 5.41) is 6.59. The van der Waals surface area contributed by atoms with Gasteiger partial charge in [-0.05, 0) is 37.2 Å². The number of hydrogen-bond acceptors (Lipinski definition) is 2. The van der Waals surface area contributed by atoms with Crippen molar-refractivity contribution >= 4 is 5.96 Å². The zero-order valence-corrected chi connectivity index (χ0v) is 13.2. The summed E-state index contributed by atoms with van der Waals surface area (Å²) in [5.41, 5.74) is 1.80. The van der Waals surface area contributed by atoms with Gasteiger partial charge in [-0.2, -0.15) is 0 Å². The van der Waals surface area contributed by atoms with E-state index in [2.05, 4.69) is 47.9 Å². The molecule has 0 unspecified atom stereocenters. The lowest BCUT2D eigenvalue weighted by atomic mass is 9.97. The highest BCUT2D eigenvalue weighted by Crippen LogP contribution is 2.48. The van der Waals surface area contributed by atoms with Gasteiger partial charge in [0.25, 0.3) is 0 Å². The maximum Gasteiger partial charge on any atom is 0.191 e. The number of benzene rings is 1. The summed E-state index contributed by atoms with van der Waals surface area (Å²) in [4.78, 5) is 4.75. The summed E-state index contributed by atoms with van der Waals surface area (Å²) >= 11 is 0. The molecule has 0 radical (unpaired) electrons. The van der Waals surface area contributed by atoms with Gasteiger partial charge in [0.05, 0.1) is 6.61 Å². The standard InChI is InChI=1S/C17H27N3O/c1-3-18-16(19-11-12-21-2)20-14-17(9-10-17)13-15-7-5-4-6-8-15/h4-8H,3,9-14H2,1-2H3,(H2,18,19,20). The summed E-state index contributed by atoms with van der Waals surface area (Å²) in [6.07, 6.45) is 3.69. The molecule has 4 nitrogen and oxygen atoms in total. The lowest BCUT2D eigenvalue weighted by molar-refractivity contribution is 0.203. The van der Waals surface area contributed by atoms with Crippen LogP contribution in [0.3, 0.4) is 0 Å². The van der Waals surface area contributed by atoms with Crippen molar-refractivity contribution in [3.05, 3.63) is 35.9 Å². The van der Waals surface area contributed by atoms with E-state index < -0.39 is 0 Å². The average molecular weight is 289 g/mol. The van der Waals surface area contributed by atoms with Crippen LogP contribution < -0.4 is 10.6 Å². The minimum atomic E-state index is 0.380. The molecule has 1 aliphatic rings. The van der Waals surface area contributed by atoms with Gasteiger partial charge in [0, 0.05) is 26.7 Å². The predicted molar refractivity (Wildman–Crippen MR) is 87.7 cm³/mol. The van der Waals surface area contributed by atoms with Gasteiger partial charge >= 0.3 is 0 Å². The number of nitrogens with zero attached hydrogens (tertiary/aromatic N) is 1. The number of ether oxygens (including phenoxy) is 1. The molecule has 1 saturated carbocycles. The molecular formula is C17H27N3O. The zero-order valence-electron chi connectivity index (χ0n) is 13.2. The molecule has 0 amide bonds. The van der Waals surface area contributed by atoms with Crippen molar-refractivity contribution in [1.82, 2.24) is 10.6 Å². The SMILES string of the molecule is CCNC(=NCC1(Cc2ccccc2)CC1)NCCOC. The molecule has 21 heavy (non-hydrogen) atoms. The first-order valence-corrected chi connectivity index (χ1v) is 7.83. The fraction of sp³-hybridized carbons (Fsp3) is 0.588. The highest BCUT2D eigenvalue weighted by atomic mass is 16.5. The van der Waals surface area contributed by atoms with E-state index in [9.17, 15) is 0 Å². The summed E-state index contributed by atoms with van der Waals surface area (Å²) in [6.45, 7) is 5.34. The molecule has 4 heteroatoms. The Balaban J connectivity index is 1.87. The van der Waals surface area contributed by atoms with Crippen LogP contribution in [-0.4, -0.2) is 39.3 Å². The van der Waals surface area contributed by atoms with E-state index in [1.165, 1.54) is 18.4 Å². The third kappa shape index (κ3) is 5.38. The van der Waals surface area contributed by atoms with E-state index in [-0.39, 0.29) is 0 Å². The van der Waals surface area contributed by atoms with Gasteiger partial charge in [-0.1, -0.05) is 30.3 Å². The zero-order chi connectivity index (χ0) is 15.0. The summed E-state index contributed by atoms with van der Waals surface area (Å²) in [5.74, 6) is 0.897. The highest BCUT2D eigenvalue weighted by molar-refractivity contribution is 5.79. The van der Waals surface area contributed by atoms with Gasteiger partial charge in [0.15, 0.2) is 5.96 Å². The van der Waals surface area contributed by atoms with E-state index in [1.54, 1.807) is 7.11 Å². The van der Waals surface area contributed by atoms with Gasteiger partial charge in [0.1, 0.15) is 0 Å². The number of guanidine groups is 1. The quantitative estimate of drug-likeness (QED) is 0.438. The van der Waals surface area contributed by atoms with Gasteiger partial charge in [-0.3, -0.25) is 4.99 Å². The largest absolute Gasteiger partial charge is 0.383 e. The monoisotopic (exact) mass is 289 g/mol. The van der Waals surface area contributed by atoms with Crippen molar-refractivity contribution in [2.45, 2.75) is 26.2 Å². The maximum absolute atomic E-state index is 5.06. The van der Waals surface area contributed by atoms with Crippen LogP contribution in [0.5, 0.6) is 0 Å². The van der Waals surface area contributed by atoms with Gasteiger partial charge in [0.2, 0.25) is 0 Å². The van der Waals surface area contributed by atoms with Crippen LogP contribution in [0.25, 0.3) is 0 Å². The molecule has 2 rings (SSSR count). The van der Waals surface area contributed by atoms with Crippen LogP contribution in [0.15, 0.2) is 35.3 Å². The number of nitrogens with one attached hydrogen (secondary N) is 2. The van der Waals surface area contributed by atoms with Crippen molar-refractivity contribution < 1.29 is 4.74 Å². The second-order valence-corrected chi connectivity index (χ2v) is 5.78. The van der Waals surface area contributed by atoms with Crippen LogP contribution in [0.4, 0.5) is 0 Å². The molecule has 2 N–H and O–H groups in total. The molecule has 1 aliphatic carbocycles. The van der Waals surface area contributed by atoms with Crippen molar-refractivity contribution in [3.63, 3.8) is 0 Å². The van der Waals surface area contributed by atoms with E-state index in [0.717, 1.165) is 32.0 Å². The molecule has 1 fully saturated rings. The molecule has 0 saturated heterocycles. The summed E-state index contributed by atoms with van der Waals surface area (Å²) in [7, 11) is 1.71. The molecule has 0 aliphatic heterocycles. The molecule has 0 heterocycles. The minimum Gasteiger partial charge on any atom is -0.383 e. The van der Waals surface area contributed by atoms with Gasteiger partial charge in [-0.15, -0.1) is 0 Å². The highest BCUT2D eigenvalue weighted by Gasteiger charge is 2.42. The smallest absolute Gasteiger partial charge is 0.191 e. The Morgan fingerprint density at radius 2 is 2.00 bits per heavy atom. The van der Waals surface area contributed by atoms with Crippen LogP contribution >= 0.6 is 0 Å². The molecule has 0 aromatic heterocycles. The molecule has 0 bridgehead atoms. The van der Waals surface area contributed by atoms with Crippen molar-refractivity contribution in [1.29, 1.82) is 0 Å². The van der Waals surface area contributed by atoms with Crippen LogP contribution in [0.1, 0.15) is 25.3 Å². The number of hydrogen-bond donors (Lipinski definition) is 2. The Labute approximate surface area is 128 Å². The van der Waals surface area contributed by atoms with Gasteiger partial charge < -0.3 is 15.4 Å². The number of aliphatic imine (C=N–C) groups is 1. The van der Waals surface area contributed by atoms with Crippen molar-refractivity contribution in [3.8, 4) is 0 Å². The van der Waals surface area contributed by atoms with Gasteiger partial charge in [-0.25, -0.2) is 0 Å². The number of rotatable bonds is 8. The third-order valence-corrected chi connectivity index (χ3v) is 3.89.